The van der Waals surface area contributed by atoms with Crippen LogP contribution in [0.4, 0.5) is 0 Å². The molecule has 0 aliphatic rings. The molecule has 1 aromatic rings. The number of esters is 1. The van der Waals surface area contributed by atoms with Gasteiger partial charge in [0.2, 0.25) is 0 Å². The predicted molar refractivity (Wildman–Crippen MR) is 71.8 cm³/mol. The van der Waals surface area contributed by atoms with Crippen LogP contribution in [0, 0.1) is 0 Å². The van der Waals surface area contributed by atoms with E-state index >= 15 is 0 Å². The summed E-state index contributed by atoms with van der Waals surface area (Å²) >= 11 is 3.43. The highest BCUT2D eigenvalue weighted by Crippen LogP contribution is 2.18. The van der Waals surface area contributed by atoms with Crippen LogP contribution in [-0.4, -0.2) is 18.6 Å². The standard InChI is InChI=1S/C13H18BrNO2/c1-4-17-13(16)10(3)15-9(2)11-6-5-7-12(14)8-11/h5-10,15H,4H2,1-3H3. The third kappa shape index (κ3) is 4.48. The second kappa shape index (κ2) is 6.77. The predicted octanol–water partition coefficient (Wildman–Crippen LogP) is 3.05. The van der Waals surface area contributed by atoms with E-state index in [4.69, 9.17) is 4.74 Å². The van der Waals surface area contributed by atoms with E-state index in [9.17, 15) is 4.79 Å². The highest BCUT2D eigenvalue weighted by molar-refractivity contribution is 9.10. The lowest BCUT2D eigenvalue weighted by Gasteiger charge is -2.19. The zero-order chi connectivity index (χ0) is 12.8. The minimum atomic E-state index is -0.302. The smallest absolute Gasteiger partial charge is 0.322 e. The van der Waals surface area contributed by atoms with Crippen LogP contribution in [0.25, 0.3) is 0 Å². The molecule has 1 N–H and O–H groups in total. The van der Waals surface area contributed by atoms with Crippen LogP contribution in [0.5, 0.6) is 0 Å². The van der Waals surface area contributed by atoms with Gasteiger partial charge in [-0.15, -0.1) is 0 Å². The summed E-state index contributed by atoms with van der Waals surface area (Å²) in [6.07, 6.45) is 0. The van der Waals surface area contributed by atoms with Crippen LogP contribution in [0.1, 0.15) is 32.4 Å². The monoisotopic (exact) mass is 299 g/mol. The fourth-order valence-corrected chi connectivity index (χ4v) is 2.00. The SMILES string of the molecule is CCOC(=O)C(C)NC(C)c1cccc(Br)c1. The third-order valence-corrected chi connectivity index (χ3v) is 2.98. The molecule has 0 saturated heterocycles. The first kappa shape index (κ1) is 14.2. The van der Waals surface area contributed by atoms with Gasteiger partial charge in [-0.2, -0.15) is 0 Å². The van der Waals surface area contributed by atoms with Crippen molar-refractivity contribution in [3.05, 3.63) is 34.3 Å². The second-order valence-electron chi connectivity index (χ2n) is 3.92. The molecule has 94 valence electrons. The zero-order valence-corrected chi connectivity index (χ0v) is 12.0. The van der Waals surface area contributed by atoms with Crippen LogP contribution < -0.4 is 5.32 Å². The number of hydrogen-bond donors (Lipinski definition) is 1. The van der Waals surface area contributed by atoms with Gasteiger partial charge in [0.1, 0.15) is 6.04 Å². The molecule has 1 aromatic carbocycles. The average molecular weight is 300 g/mol. The van der Waals surface area contributed by atoms with Gasteiger partial charge in [-0.1, -0.05) is 28.1 Å². The summed E-state index contributed by atoms with van der Waals surface area (Å²) in [5.74, 6) is -0.214. The molecule has 4 heteroatoms. The number of ether oxygens (including phenoxy) is 1. The van der Waals surface area contributed by atoms with Crippen LogP contribution in [-0.2, 0) is 9.53 Å². The molecule has 2 atom stereocenters. The first-order valence-electron chi connectivity index (χ1n) is 5.72. The summed E-state index contributed by atoms with van der Waals surface area (Å²) in [6.45, 7) is 6.06. The van der Waals surface area contributed by atoms with Gasteiger partial charge in [-0.05, 0) is 38.5 Å². The molecule has 0 amide bonds. The Bertz CT molecular complexity index is 381. The number of benzene rings is 1. The van der Waals surface area contributed by atoms with Crippen molar-refractivity contribution in [2.24, 2.45) is 0 Å². The maximum absolute atomic E-state index is 11.5. The molecule has 0 aliphatic heterocycles. The highest BCUT2D eigenvalue weighted by Gasteiger charge is 2.16. The molecule has 0 aliphatic carbocycles. The molecule has 0 radical (unpaired) electrons. The van der Waals surface area contributed by atoms with Gasteiger partial charge in [-0.3, -0.25) is 10.1 Å². The van der Waals surface area contributed by atoms with E-state index in [1.165, 1.54) is 0 Å². The van der Waals surface area contributed by atoms with Gasteiger partial charge in [0.05, 0.1) is 6.61 Å². The van der Waals surface area contributed by atoms with Crippen LogP contribution in [0.3, 0.4) is 0 Å². The summed E-state index contributed by atoms with van der Waals surface area (Å²) < 4.78 is 5.99. The van der Waals surface area contributed by atoms with Crippen molar-refractivity contribution in [2.45, 2.75) is 32.9 Å². The lowest BCUT2D eigenvalue weighted by Crippen LogP contribution is -2.37. The third-order valence-electron chi connectivity index (χ3n) is 2.49. The van der Waals surface area contributed by atoms with Crippen LogP contribution >= 0.6 is 15.9 Å². The Morgan fingerprint density at radius 2 is 2.18 bits per heavy atom. The topological polar surface area (TPSA) is 38.3 Å². The van der Waals surface area contributed by atoms with E-state index in [1.54, 1.807) is 0 Å². The van der Waals surface area contributed by atoms with E-state index in [0.717, 1.165) is 10.0 Å². The van der Waals surface area contributed by atoms with Crippen LogP contribution in [0.2, 0.25) is 0 Å². The Morgan fingerprint density at radius 1 is 1.47 bits per heavy atom. The lowest BCUT2D eigenvalue weighted by atomic mass is 10.1. The molecule has 0 heterocycles. The first-order valence-corrected chi connectivity index (χ1v) is 6.52. The fourth-order valence-electron chi connectivity index (χ4n) is 1.58. The Balaban J connectivity index is 2.60. The number of rotatable bonds is 5. The fraction of sp³-hybridized carbons (Fsp3) is 0.462. The lowest BCUT2D eigenvalue weighted by molar-refractivity contribution is -0.145. The molecule has 1 rings (SSSR count). The molecular weight excluding hydrogens is 282 g/mol. The zero-order valence-electron chi connectivity index (χ0n) is 10.4. The summed E-state index contributed by atoms with van der Waals surface area (Å²) in [5.41, 5.74) is 1.13. The van der Waals surface area contributed by atoms with Crippen molar-refractivity contribution >= 4 is 21.9 Å². The van der Waals surface area contributed by atoms with E-state index < -0.39 is 0 Å². The quantitative estimate of drug-likeness (QED) is 0.849. The molecule has 0 fully saturated rings. The highest BCUT2D eigenvalue weighted by atomic mass is 79.9. The Labute approximate surface area is 111 Å². The van der Waals surface area contributed by atoms with Crippen molar-refractivity contribution in [3.63, 3.8) is 0 Å². The van der Waals surface area contributed by atoms with Crippen LogP contribution in [0.15, 0.2) is 28.7 Å². The average Bonchev–Trinajstić information content (AvgIpc) is 2.29. The number of carbonyl (C=O) groups is 1. The van der Waals surface area contributed by atoms with Crippen molar-refractivity contribution < 1.29 is 9.53 Å². The summed E-state index contributed by atoms with van der Waals surface area (Å²) in [6, 6.07) is 7.82. The van der Waals surface area contributed by atoms with Gasteiger partial charge in [-0.25, -0.2) is 0 Å². The Morgan fingerprint density at radius 3 is 2.76 bits per heavy atom. The molecule has 2 unspecified atom stereocenters. The maximum Gasteiger partial charge on any atom is 0.322 e. The van der Waals surface area contributed by atoms with E-state index in [0.29, 0.717) is 6.61 Å². The summed E-state index contributed by atoms with van der Waals surface area (Å²) in [7, 11) is 0. The molecule has 0 aromatic heterocycles. The first-order chi connectivity index (χ1) is 8.04. The number of nitrogens with one attached hydrogen (secondary N) is 1. The van der Waals surface area contributed by atoms with Crippen molar-refractivity contribution in [3.8, 4) is 0 Å². The van der Waals surface area contributed by atoms with Gasteiger partial charge < -0.3 is 4.74 Å². The number of halogens is 1. The van der Waals surface area contributed by atoms with E-state index in [2.05, 4.69) is 21.2 Å². The normalized spacial score (nSPS) is 14.1. The second-order valence-corrected chi connectivity index (χ2v) is 4.83. The molecular formula is C13H18BrNO2. The minimum absolute atomic E-state index is 0.104. The number of hydrogen-bond acceptors (Lipinski definition) is 3. The number of carbonyl (C=O) groups excluding carboxylic acids is 1. The molecule has 0 saturated carbocycles. The van der Waals surface area contributed by atoms with Crippen molar-refractivity contribution in [1.82, 2.24) is 5.32 Å². The van der Waals surface area contributed by atoms with Gasteiger partial charge in [0.15, 0.2) is 0 Å². The minimum Gasteiger partial charge on any atom is -0.465 e. The van der Waals surface area contributed by atoms with Gasteiger partial charge in [0, 0.05) is 10.5 Å². The van der Waals surface area contributed by atoms with Crippen molar-refractivity contribution in [2.75, 3.05) is 6.61 Å². The largest absolute Gasteiger partial charge is 0.465 e. The van der Waals surface area contributed by atoms with Crippen molar-refractivity contribution in [1.29, 1.82) is 0 Å². The Hall–Kier alpha value is -0.870. The molecule has 17 heavy (non-hydrogen) atoms. The summed E-state index contributed by atoms with van der Waals surface area (Å²) in [4.78, 5) is 11.5. The van der Waals surface area contributed by atoms with Gasteiger partial charge >= 0.3 is 5.97 Å². The molecule has 0 bridgehead atoms. The van der Waals surface area contributed by atoms with Gasteiger partial charge in [0.25, 0.3) is 0 Å². The molecule has 0 spiro atoms. The van der Waals surface area contributed by atoms with E-state index in [-0.39, 0.29) is 18.1 Å². The maximum atomic E-state index is 11.5. The Kier molecular flexibility index (Phi) is 5.65. The summed E-state index contributed by atoms with van der Waals surface area (Å²) in [5, 5.41) is 3.21. The molecule has 3 nitrogen and oxygen atoms in total. The van der Waals surface area contributed by atoms with E-state index in [1.807, 2.05) is 45.0 Å².